The molecule has 4 rings (SSSR count). The summed E-state index contributed by atoms with van der Waals surface area (Å²) in [5.41, 5.74) is 2.19. The highest BCUT2D eigenvalue weighted by Crippen LogP contribution is 2.43. The highest BCUT2D eigenvalue weighted by molar-refractivity contribution is 8.04. The zero-order valence-corrected chi connectivity index (χ0v) is 22.4. The molecule has 2 fully saturated rings. The first-order chi connectivity index (χ1) is 17.4. The number of likely N-dealkylation sites (N-methyl/N-ethyl adjacent to an activating group) is 1. The van der Waals surface area contributed by atoms with Gasteiger partial charge in [-0.25, -0.2) is 0 Å². The summed E-state index contributed by atoms with van der Waals surface area (Å²) in [7, 11) is 6.92. The smallest absolute Gasteiger partial charge is 0.234 e. The molecule has 1 unspecified atom stereocenters. The van der Waals surface area contributed by atoms with E-state index >= 15 is 0 Å². The Bertz CT molecular complexity index is 1040. The van der Waals surface area contributed by atoms with Crippen molar-refractivity contribution < 1.29 is 23.8 Å². The third kappa shape index (κ3) is 5.99. The molecule has 10 heteroatoms. The number of ether oxygens (including phenoxy) is 3. The molecule has 1 aromatic rings. The van der Waals surface area contributed by atoms with Crippen LogP contribution in [0, 0.1) is 0 Å². The molecule has 2 aliphatic heterocycles. The SMILES string of the molecule is COc1ccc(CN2CCN(CC(=O)NCCC3SC4=CC(=O)CC=C4N3C)CC2)c(OC)c1OC. The summed E-state index contributed by atoms with van der Waals surface area (Å²) in [4.78, 5) is 32.0. The molecule has 1 atom stereocenters. The molecule has 1 amide bonds. The fourth-order valence-corrected chi connectivity index (χ4v) is 6.20. The predicted molar refractivity (Wildman–Crippen MR) is 140 cm³/mol. The fraction of sp³-hybridized carbons (Fsp3) is 0.538. The Morgan fingerprint density at radius 2 is 1.78 bits per heavy atom. The van der Waals surface area contributed by atoms with E-state index < -0.39 is 0 Å². The van der Waals surface area contributed by atoms with Crippen molar-refractivity contribution in [3.8, 4) is 17.2 Å². The number of rotatable bonds is 10. The number of ketones is 1. The van der Waals surface area contributed by atoms with Crippen LogP contribution in [-0.4, -0.2) is 99.4 Å². The Morgan fingerprint density at radius 3 is 2.47 bits per heavy atom. The Hall–Kier alpha value is -2.69. The maximum Gasteiger partial charge on any atom is 0.234 e. The summed E-state index contributed by atoms with van der Waals surface area (Å²) in [6.45, 7) is 5.19. The largest absolute Gasteiger partial charge is 0.493 e. The maximum atomic E-state index is 12.6. The number of thioether (sulfide) groups is 1. The van der Waals surface area contributed by atoms with Gasteiger partial charge in [-0.15, -0.1) is 0 Å². The van der Waals surface area contributed by atoms with Crippen molar-refractivity contribution >= 4 is 23.5 Å². The standard InChI is InChI=1S/C26H36N4O5S/c1-28-20-7-6-19(31)15-22(20)36-24(28)9-10-27-23(32)17-30-13-11-29(12-14-30)16-18-5-8-21(33-2)26(35-4)25(18)34-3/h5,7-8,15,24H,6,9-14,16-17H2,1-4H3,(H,27,32). The summed E-state index contributed by atoms with van der Waals surface area (Å²) in [6.07, 6.45) is 5.05. The molecule has 196 valence electrons. The Kier molecular flexibility index (Phi) is 8.81. The van der Waals surface area contributed by atoms with Crippen molar-refractivity contribution in [3.05, 3.63) is 40.5 Å². The van der Waals surface area contributed by atoms with Gasteiger partial charge in [-0.2, -0.15) is 0 Å². The minimum Gasteiger partial charge on any atom is -0.493 e. The lowest BCUT2D eigenvalue weighted by molar-refractivity contribution is -0.122. The minimum atomic E-state index is 0.0571. The summed E-state index contributed by atoms with van der Waals surface area (Å²) in [6, 6.07) is 3.92. The van der Waals surface area contributed by atoms with E-state index in [1.807, 2.05) is 18.2 Å². The Balaban J connectivity index is 1.19. The van der Waals surface area contributed by atoms with Crippen LogP contribution in [-0.2, 0) is 16.1 Å². The van der Waals surface area contributed by atoms with Crippen LogP contribution < -0.4 is 19.5 Å². The lowest BCUT2D eigenvalue weighted by Gasteiger charge is -2.34. The molecule has 0 radical (unpaired) electrons. The van der Waals surface area contributed by atoms with Crippen molar-refractivity contribution in [2.75, 3.05) is 67.6 Å². The summed E-state index contributed by atoms with van der Waals surface area (Å²) < 4.78 is 16.5. The van der Waals surface area contributed by atoms with Gasteiger partial charge in [-0.05, 0) is 18.6 Å². The number of nitrogens with one attached hydrogen (secondary N) is 1. The van der Waals surface area contributed by atoms with Gasteiger partial charge in [-0.1, -0.05) is 23.9 Å². The van der Waals surface area contributed by atoms with Gasteiger partial charge in [0.2, 0.25) is 11.7 Å². The predicted octanol–water partition coefficient (Wildman–Crippen LogP) is 2.08. The summed E-state index contributed by atoms with van der Waals surface area (Å²) in [5.74, 6) is 2.17. The number of carbonyl (C=O) groups excluding carboxylic acids is 2. The number of piperazine rings is 1. The molecule has 0 bridgehead atoms. The normalized spacial score (nSPS) is 20.5. The molecule has 1 aromatic carbocycles. The van der Waals surface area contributed by atoms with Crippen molar-refractivity contribution in [2.24, 2.45) is 0 Å². The average Bonchev–Trinajstić information content (AvgIpc) is 3.18. The molecule has 0 aromatic heterocycles. The molecular weight excluding hydrogens is 480 g/mol. The summed E-state index contributed by atoms with van der Waals surface area (Å²) >= 11 is 1.71. The first kappa shape index (κ1) is 26.4. The highest BCUT2D eigenvalue weighted by Gasteiger charge is 2.32. The monoisotopic (exact) mass is 516 g/mol. The van der Waals surface area contributed by atoms with Crippen molar-refractivity contribution in [1.29, 1.82) is 0 Å². The number of benzene rings is 1. The van der Waals surface area contributed by atoms with Gasteiger partial charge in [0.15, 0.2) is 17.3 Å². The third-order valence-corrected chi connectivity index (χ3v) is 8.25. The van der Waals surface area contributed by atoms with Crippen molar-refractivity contribution in [1.82, 2.24) is 20.0 Å². The maximum absolute atomic E-state index is 12.6. The first-order valence-electron chi connectivity index (χ1n) is 12.3. The molecule has 2 saturated heterocycles. The number of allylic oxidation sites excluding steroid dienone is 2. The van der Waals surface area contributed by atoms with Gasteiger partial charge in [0.1, 0.15) is 0 Å². The van der Waals surface area contributed by atoms with E-state index in [0.29, 0.717) is 36.8 Å². The lowest BCUT2D eigenvalue weighted by atomic mass is 10.1. The van der Waals surface area contributed by atoms with Gasteiger partial charge in [0, 0.05) is 68.9 Å². The molecule has 2 heterocycles. The Morgan fingerprint density at radius 1 is 1.06 bits per heavy atom. The lowest BCUT2D eigenvalue weighted by Crippen LogP contribution is -2.49. The molecule has 0 saturated carbocycles. The first-order valence-corrected chi connectivity index (χ1v) is 13.1. The highest BCUT2D eigenvalue weighted by atomic mass is 32.2. The third-order valence-electron chi connectivity index (χ3n) is 6.84. The minimum absolute atomic E-state index is 0.0571. The van der Waals surface area contributed by atoms with Gasteiger partial charge < -0.3 is 24.4 Å². The number of fused-ring (bicyclic) bond motifs is 1. The van der Waals surface area contributed by atoms with Crippen LogP contribution in [0.15, 0.2) is 34.9 Å². The number of hydrogen-bond acceptors (Lipinski definition) is 9. The van der Waals surface area contributed by atoms with E-state index in [1.165, 1.54) is 0 Å². The van der Waals surface area contributed by atoms with Crippen LogP contribution in [0.25, 0.3) is 0 Å². The van der Waals surface area contributed by atoms with E-state index in [1.54, 1.807) is 39.2 Å². The van der Waals surface area contributed by atoms with Gasteiger partial charge in [0.25, 0.3) is 0 Å². The van der Waals surface area contributed by atoms with Crippen LogP contribution in [0.5, 0.6) is 17.2 Å². The second-order valence-corrected chi connectivity index (χ2v) is 10.4. The molecule has 1 N–H and O–H groups in total. The van der Waals surface area contributed by atoms with E-state index in [2.05, 4.69) is 27.1 Å². The van der Waals surface area contributed by atoms with Crippen LogP contribution in [0.2, 0.25) is 0 Å². The van der Waals surface area contributed by atoms with Crippen molar-refractivity contribution in [2.45, 2.75) is 24.8 Å². The number of methoxy groups -OCH3 is 3. The van der Waals surface area contributed by atoms with Gasteiger partial charge >= 0.3 is 0 Å². The quantitative estimate of drug-likeness (QED) is 0.503. The van der Waals surface area contributed by atoms with Crippen LogP contribution >= 0.6 is 11.8 Å². The molecular formula is C26H36N4O5S. The molecule has 9 nitrogen and oxygen atoms in total. The summed E-state index contributed by atoms with van der Waals surface area (Å²) in [5, 5.41) is 3.32. The zero-order chi connectivity index (χ0) is 25.7. The fourth-order valence-electron chi connectivity index (χ4n) is 4.85. The van der Waals surface area contributed by atoms with Crippen molar-refractivity contribution in [3.63, 3.8) is 0 Å². The number of nitrogens with zero attached hydrogens (tertiary/aromatic N) is 3. The molecule has 1 aliphatic carbocycles. The van der Waals surface area contributed by atoms with E-state index in [-0.39, 0.29) is 17.1 Å². The second kappa shape index (κ2) is 12.0. The Labute approximate surface area is 217 Å². The molecule has 3 aliphatic rings. The van der Waals surface area contributed by atoms with Crippen LogP contribution in [0.4, 0.5) is 0 Å². The van der Waals surface area contributed by atoms with Crippen LogP contribution in [0.1, 0.15) is 18.4 Å². The van der Waals surface area contributed by atoms with Crippen LogP contribution in [0.3, 0.4) is 0 Å². The van der Waals surface area contributed by atoms with Gasteiger partial charge in [-0.3, -0.25) is 19.4 Å². The second-order valence-electron chi connectivity index (χ2n) is 9.14. The van der Waals surface area contributed by atoms with Gasteiger partial charge in [0.05, 0.1) is 33.2 Å². The molecule has 36 heavy (non-hydrogen) atoms. The van der Waals surface area contributed by atoms with E-state index in [0.717, 1.165) is 55.3 Å². The number of amides is 1. The van der Waals surface area contributed by atoms with E-state index in [9.17, 15) is 9.59 Å². The number of carbonyl (C=O) groups is 2. The topological polar surface area (TPSA) is 83.6 Å². The molecule has 0 spiro atoms. The zero-order valence-electron chi connectivity index (χ0n) is 21.5. The van der Waals surface area contributed by atoms with E-state index in [4.69, 9.17) is 14.2 Å². The number of hydrogen-bond donors (Lipinski definition) is 1. The average molecular weight is 517 g/mol.